The lowest BCUT2D eigenvalue weighted by Gasteiger charge is -2.21. The van der Waals surface area contributed by atoms with Gasteiger partial charge in [0.25, 0.3) is 0 Å². The molecular weight excluding hydrogens is 415 g/mol. The third-order valence-corrected chi connectivity index (χ3v) is 5.09. The number of aliphatic carboxylic acids is 1. The van der Waals surface area contributed by atoms with Crippen LogP contribution in [-0.2, 0) is 27.6 Å². The summed E-state index contributed by atoms with van der Waals surface area (Å²) in [6, 6.07) is 4.92. The predicted octanol–water partition coefficient (Wildman–Crippen LogP) is 1.74. The van der Waals surface area contributed by atoms with E-state index in [0.29, 0.717) is 17.3 Å². The zero-order valence-corrected chi connectivity index (χ0v) is 15.4. The topological polar surface area (TPSA) is 118 Å². The average Bonchev–Trinajstić information content (AvgIpc) is 3.01. The Bertz CT molecular complexity index is 1050. The number of alkyl halides is 3. The summed E-state index contributed by atoms with van der Waals surface area (Å²) in [6.07, 6.45) is -4.62. The second-order valence-electron chi connectivity index (χ2n) is 6.08. The molecule has 0 fully saturated rings. The van der Waals surface area contributed by atoms with Gasteiger partial charge in [-0.05, 0) is 30.0 Å². The number of halogens is 3. The molecule has 1 unspecified atom stereocenters. The van der Waals surface area contributed by atoms with Crippen molar-refractivity contribution in [2.24, 2.45) is 13.0 Å². The van der Waals surface area contributed by atoms with E-state index in [9.17, 15) is 32.3 Å². The number of carbonyl (C=O) groups is 4. The Labute approximate surface area is 165 Å². The molecule has 1 amide bonds. The minimum atomic E-state index is -4.62. The first-order valence-electron chi connectivity index (χ1n) is 8.00. The van der Waals surface area contributed by atoms with Crippen LogP contribution < -0.4 is 5.32 Å². The van der Waals surface area contributed by atoms with Gasteiger partial charge in [0.1, 0.15) is 6.54 Å². The van der Waals surface area contributed by atoms with Crippen molar-refractivity contribution >= 4 is 34.5 Å². The van der Waals surface area contributed by atoms with E-state index >= 15 is 0 Å². The van der Waals surface area contributed by atoms with Crippen molar-refractivity contribution in [3.8, 4) is 11.3 Å². The summed E-state index contributed by atoms with van der Waals surface area (Å²) < 4.78 is 39.6. The van der Waals surface area contributed by atoms with Crippen LogP contribution in [0.2, 0.25) is 0 Å². The molecule has 1 aromatic heterocycles. The fourth-order valence-electron chi connectivity index (χ4n) is 2.77. The summed E-state index contributed by atoms with van der Waals surface area (Å²) in [5.41, 5.74) is -0.604. The zero-order chi connectivity index (χ0) is 21.5. The normalized spacial score (nSPS) is 16.5. The number of nitrogens with one attached hydrogen (secondary N) is 1. The third-order valence-electron chi connectivity index (χ3n) is 4.10. The number of nitrogens with zero attached hydrogens (tertiary/aromatic N) is 2. The molecular formula is C17H12F3N3O5S. The summed E-state index contributed by atoms with van der Waals surface area (Å²) in [6.45, 7) is -0.742. The number of rotatable bonds is 4. The van der Waals surface area contributed by atoms with Crippen molar-refractivity contribution in [2.75, 3.05) is 6.54 Å². The predicted molar refractivity (Wildman–Crippen MR) is 93.0 cm³/mol. The number of Topliss-reactive ketones (excluding diaryl/α,β-unsaturated/α-hetero) is 1. The second kappa shape index (κ2) is 7.35. The average molecular weight is 427 g/mol. The van der Waals surface area contributed by atoms with Crippen LogP contribution in [0.25, 0.3) is 11.3 Å². The second-order valence-corrected chi connectivity index (χ2v) is 7.12. The Morgan fingerprint density at radius 2 is 1.97 bits per heavy atom. The number of carbonyl (C=O) groups excluding carboxylic acids is 3. The quantitative estimate of drug-likeness (QED) is 0.714. The van der Waals surface area contributed by atoms with Crippen molar-refractivity contribution in [3.05, 3.63) is 35.5 Å². The summed E-state index contributed by atoms with van der Waals surface area (Å²) >= 11 is 0.593. The summed E-state index contributed by atoms with van der Waals surface area (Å²) in [5.74, 6) is -4.85. The first-order valence-corrected chi connectivity index (χ1v) is 8.81. The van der Waals surface area contributed by atoms with Crippen LogP contribution in [0.3, 0.4) is 0 Å². The highest BCUT2D eigenvalue weighted by Crippen LogP contribution is 2.38. The molecule has 152 valence electrons. The number of benzene rings is 1. The lowest BCUT2D eigenvalue weighted by atomic mass is 9.95. The standard InChI is InChI=1S/C17H12F3N3O5S/c1-23-9(5-11(22-23)17(18,19)20)7-2-3-8-10(4-7)29-16(28)13(14(8)26)15(27)21-6-12(24)25/h2-5,13H,6H2,1H3,(H,21,27)(H,24,25). The number of fused-ring (bicyclic) bond motifs is 1. The molecule has 1 aliphatic rings. The van der Waals surface area contributed by atoms with Gasteiger partial charge in [-0.1, -0.05) is 6.07 Å². The van der Waals surface area contributed by atoms with Crippen molar-refractivity contribution in [1.29, 1.82) is 0 Å². The lowest BCUT2D eigenvalue weighted by molar-refractivity contribution is -0.141. The maximum atomic E-state index is 12.9. The molecule has 0 aliphatic carbocycles. The molecule has 1 aliphatic heterocycles. The highest BCUT2D eigenvalue weighted by atomic mass is 32.2. The number of carboxylic acid groups (broad SMARTS) is 1. The summed E-state index contributed by atoms with van der Waals surface area (Å²) in [5, 5.41) is 13.2. The largest absolute Gasteiger partial charge is 0.480 e. The Balaban J connectivity index is 1.92. The molecule has 1 aromatic carbocycles. The highest BCUT2D eigenvalue weighted by molar-refractivity contribution is 8.14. The first-order chi connectivity index (χ1) is 13.5. The smallest absolute Gasteiger partial charge is 0.435 e. The molecule has 2 heterocycles. The van der Waals surface area contributed by atoms with Crippen LogP contribution in [0, 0.1) is 5.92 Å². The number of aryl methyl sites for hydroxylation is 1. The molecule has 0 spiro atoms. The van der Waals surface area contributed by atoms with E-state index in [0.717, 1.165) is 10.7 Å². The molecule has 8 nitrogen and oxygen atoms in total. The van der Waals surface area contributed by atoms with Gasteiger partial charge in [0.05, 0.1) is 5.69 Å². The molecule has 0 bridgehead atoms. The fraction of sp³-hybridized carbons (Fsp3) is 0.235. The Morgan fingerprint density at radius 3 is 2.55 bits per heavy atom. The molecule has 2 N–H and O–H groups in total. The molecule has 1 atom stereocenters. The minimum absolute atomic E-state index is 0.0482. The van der Waals surface area contributed by atoms with Crippen LogP contribution in [0.5, 0.6) is 0 Å². The number of aromatic nitrogens is 2. The van der Waals surface area contributed by atoms with Crippen LogP contribution >= 0.6 is 11.8 Å². The van der Waals surface area contributed by atoms with Crippen LogP contribution in [0.1, 0.15) is 16.1 Å². The van der Waals surface area contributed by atoms with Crippen LogP contribution in [-0.4, -0.2) is 44.2 Å². The highest BCUT2D eigenvalue weighted by Gasteiger charge is 2.41. The zero-order valence-electron chi connectivity index (χ0n) is 14.6. The van der Waals surface area contributed by atoms with Crippen molar-refractivity contribution in [2.45, 2.75) is 11.1 Å². The Kier molecular flexibility index (Phi) is 5.22. The Hall–Kier alpha value is -3.15. The van der Waals surface area contributed by atoms with Gasteiger partial charge in [-0.3, -0.25) is 23.9 Å². The van der Waals surface area contributed by atoms with Gasteiger partial charge in [0.15, 0.2) is 17.4 Å². The SMILES string of the molecule is Cn1nc(C(F)(F)F)cc1-c1ccc2c(c1)SC(=O)C(C(=O)NCC(=O)O)C2=O. The maximum Gasteiger partial charge on any atom is 0.435 e. The number of hydrogen-bond donors (Lipinski definition) is 2. The van der Waals surface area contributed by atoms with Gasteiger partial charge in [-0.15, -0.1) is 0 Å². The van der Waals surface area contributed by atoms with Gasteiger partial charge < -0.3 is 10.4 Å². The van der Waals surface area contributed by atoms with E-state index in [1.54, 1.807) is 0 Å². The maximum absolute atomic E-state index is 12.9. The Morgan fingerprint density at radius 1 is 1.28 bits per heavy atom. The molecule has 0 radical (unpaired) electrons. The molecule has 12 heteroatoms. The number of carboxylic acids is 1. The molecule has 2 aromatic rings. The van der Waals surface area contributed by atoms with E-state index in [-0.39, 0.29) is 16.2 Å². The van der Waals surface area contributed by atoms with E-state index in [1.807, 2.05) is 5.32 Å². The molecule has 0 saturated carbocycles. The fourth-order valence-corrected chi connectivity index (χ4v) is 3.78. The monoisotopic (exact) mass is 427 g/mol. The first kappa shape index (κ1) is 20.6. The molecule has 29 heavy (non-hydrogen) atoms. The van der Waals surface area contributed by atoms with Crippen molar-refractivity contribution < 1.29 is 37.5 Å². The lowest BCUT2D eigenvalue weighted by Crippen LogP contribution is -2.42. The van der Waals surface area contributed by atoms with Gasteiger partial charge in [0, 0.05) is 23.1 Å². The van der Waals surface area contributed by atoms with E-state index in [1.165, 1.54) is 25.2 Å². The van der Waals surface area contributed by atoms with Crippen molar-refractivity contribution in [1.82, 2.24) is 15.1 Å². The number of amides is 1. The number of ketones is 1. The number of hydrogen-bond acceptors (Lipinski definition) is 6. The van der Waals surface area contributed by atoms with Gasteiger partial charge >= 0.3 is 12.1 Å². The van der Waals surface area contributed by atoms with Crippen molar-refractivity contribution in [3.63, 3.8) is 0 Å². The van der Waals surface area contributed by atoms with Gasteiger partial charge in [0.2, 0.25) is 11.0 Å². The molecule has 3 rings (SSSR count). The summed E-state index contributed by atoms with van der Waals surface area (Å²) in [7, 11) is 1.33. The summed E-state index contributed by atoms with van der Waals surface area (Å²) in [4.78, 5) is 47.6. The third kappa shape index (κ3) is 4.01. The number of thioether (sulfide) groups is 1. The molecule has 0 saturated heterocycles. The van der Waals surface area contributed by atoms with Gasteiger partial charge in [-0.2, -0.15) is 18.3 Å². The minimum Gasteiger partial charge on any atom is -0.480 e. The van der Waals surface area contributed by atoms with Crippen LogP contribution in [0.4, 0.5) is 13.2 Å². The van der Waals surface area contributed by atoms with E-state index in [2.05, 4.69) is 5.10 Å². The van der Waals surface area contributed by atoms with E-state index in [4.69, 9.17) is 5.11 Å². The van der Waals surface area contributed by atoms with Gasteiger partial charge in [-0.25, -0.2) is 0 Å². The van der Waals surface area contributed by atoms with E-state index < -0.39 is 47.1 Å². The van der Waals surface area contributed by atoms with Crippen LogP contribution in [0.15, 0.2) is 29.2 Å².